The first-order valence-electron chi connectivity index (χ1n) is 10.2. The van der Waals surface area contributed by atoms with Gasteiger partial charge in [-0.15, -0.1) is 22.7 Å². The van der Waals surface area contributed by atoms with E-state index in [2.05, 4.69) is 47.2 Å². The minimum absolute atomic E-state index is 0.589. The van der Waals surface area contributed by atoms with Crippen molar-refractivity contribution in [3.05, 3.63) is 47.2 Å². The van der Waals surface area contributed by atoms with Crippen LogP contribution in [0.15, 0.2) is 66.7 Å². The lowest BCUT2D eigenvalue weighted by Gasteiger charge is -2.24. The minimum atomic E-state index is 0.589. The molecule has 7 rings (SSSR count). The zero-order valence-electron chi connectivity index (χ0n) is 16.7. The molecule has 160 valence electrons. The van der Waals surface area contributed by atoms with Crippen LogP contribution in [0, 0.1) is 0 Å². The van der Waals surface area contributed by atoms with E-state index >= 15 is 0 Å². The fourth-order valence-electron chi connectivity index (χ4n) is 4.08. The molecule has 0 fully saturated rings. The largest absolute Gasteiger partial charge is 0.485 e. The summed E-state index contributed by atoms with van der Waals surface area (Å²) in [6, 6.07) is 13.0. The predicted molar refractivity (Wildman–Crippen MR) is 130 cm³/mol. The molecule has 4 aromatic rings. The van der Waals surface area contributed by atoms with Gasteiger partial charge in [0, 0.05) is 41.5 Å². The lowest BCUT2D eigenvalue weighted by Crippen LogP contribution is -2.14. The Balaban J connectivity index is 1.36. The monoisotopic (exact) mass is 496 g/mol. The number of rotatable bonds is 2. The molecule has 2 aromatic carbocycles. The quantitative estimate of drug-likeness (QED) is 0.255. The summed E-state index contributed by atoms with van der Waals surface area (Å²) in [6.07, 6.45) is 0. The van der Waals surface area contributed by atoms with E-state index in [4.69, 9.17) is 18.9 Å². The number of benzene rings is 2. The van der Waals surface area contributed by atoms with Crippen LogP contribution in [0.2, 0.25) is 0 Å². The van der Waals surface area contributed by atoms with E-state index in [1.807, 2.05) is 23.5 Å². The number of hydrogen-bond acceptors (Lipinski definition) is 8. The van der Waals surface area contributed by atoms with Crippen LogP contribution in [-0.2, 0) is 0 Å². The van der Waals surface area contributed by atoms with Crippen molar-refractivity contribution < 1.29 is 18.9 Å². The molecule has 0 atom stereocenters. The summed E-state index contributed by atoms with van der Waals surface area (Å²) in [5.74, 6) is 3.45. The third-order valence-corrected chi connectivity index (χ3v) is 10.1. The average molecular weight is 497 g/mol. The molecule has 0 N–H and O–H groups in total. The minimum Gasteiger partial charge on any atom is -0.485 e. The molecule has 0 bridgehead atoms. The van der Waals surface area contributed by atoms with Crippen LogP contribution in [0.1, 0.15) is 0 Å². The van der Waals surface area contributed by atoms with E-state index in [9.17, 15) is 0 Å². The zero-order valence-corrected chi connectivity index (χ0v) is 20.0. The summed E-state index contributed by atoms with van der Waals surface area (Å²) in [5, 5.41) is 4.11. The van der Waals surface area contributed by atoms with Crippen molar-refractivity contribution in [2.45, 2.75) is 19.6 Å². The van der Waals surface area contributed by atoms with Gasteiger partial charge in [-0.25, -0.2) is 0 Å². The third kappa shape index (κ3) is 2.97. The van der Waals surface area contributed by atoms with Crippen LogP contribution in [0.3, 0.4) is 0 Å². The molecule has 32 heavy (non-hydrogen) atoms. The lowest BCUT2D eigenvalue weighted by molar-refractivity contribution is 0.174. The molecule has 0 spiro atoms. The highest BCUT2D eigenvalue weighted by molar-refractivity contribution is 8.05. The van der Waals surface area contributed by atoms with E-state index < -0.39 is 0 Å². The summed E-state index contributed by atoms with van der Waals surface area (Å²) in [5.41, 5.74) is 2.40. The van der Waals surface area contributed by atoms with Crippen LogP contribution in [-0.4, -0.2) is 26.4 Å². The van der Waals surface area contributed by atoms with Crippen molar-refractivity contribution >= 4 is 46.2 Å². The highest BCUT2D eigenvalue weighted by atomic mass is 32.2. The Labute approximate surface area is 201 Å². The topological polar surface area (TPSA) is 36.9 Å². The van der Waals surface area contributed by atoms with Gasteiger partial charge in [0.2, 0.25) is 0 Å². The first-order chi connectivity index (χ1) is 15.9. The van der Waals surface area contributed by atoms with Crippen molar-refractivity contribution in [3.8, 4) is 43.9 Å². The summed E-state index contributed by atoms with van der Waals surface area (Å²) < 4.78 is 23.6. The molecular formula is C24H16O4S4. The Hall–Kier alpha value is -2.26. The van der Waals surface area contributed by atoms with Gasteiger partial charge < -0.3 is 18.9 Å². The van der Waals surface area contributed by atoms with Gasteiger partial charge in [0.05, 0.1) is 9.75 Å². The Kier molecular flexibility index (Phi) is 4.60. The molecule has 0 unspecified atom stereocenters. The molecule has 0 radical (unpaired) electrons. The van der Waals surface area contributed by atoms with Crippen molar-refractivity contribution in [1.29, 1.82) is 0 Å². The smallest absolute Gasteiger partial charge is 0.179 e. The van der Waals surface area contributed by atoms with Gasteiger partial charge in [0.1, 0.15) is 26.4 Å². The normalized spacial score (nSPS) is 15.8. The molecule has 0 aliphatic carbocycles. The number of fused-ring (bicyclic) bond motifs is 4. The summed E-state index contributed by atoms with van der Waals surface area (Å²) >= 11 is 7.03. The van der Waals surface area contributed by atoms with Crippen LogP contribution >= 0.6 is 46.2 Å². The van der Waals surface area contributed by atoms with E-state index in [0.29, 0.717) is 26.4 Å². The van der Waals surface area contributed by atoms with Crippen LogP contribution in [0.4, 0.5) is 0 Å². The molecule has 5 heterocycles. The first kappa shape index (κ1) is 19.2. The maximum Gasteiger partial charge on any atom is 0.179 e. The maximum atomic E-state index is 5.99. The van der Waals surface area contributed by atoms with Gasteiger partial charge in [-0.1, -0.05) is 47.8 Å². The fourth-order valence-corrected chi connectivity index (χ4v) is 8.67. The van der Waals surface area contributed by atoms with E-state index in [-0.39, 0.29) is 0 Å². The van der Waals surface area contributed by atoms with Gasteiger partial charge in [-0.05, 0) is 12.1 Å². The van der Waals surface area contributed by atoms with E-state index in [1.165, 1.54) is 30.7 Å². The summed E-state index contributed by atoms with van der Waals surface area (Å²) in [7, 11) is 0. The second-order valence-electron chi connectivity index (χ2n) is 7.38. The molecule has 0 saturated heterocycles. The molecular weight excluding hydrogens is 481 g/mol. The van der Waals surface area contributed by atoms with Gasteiger partial charge in [0.15, 0.2) is 23.0 Å². The molecule has 0 saturated carbocycles. The standard InChI is InChI=1S/C24H16O4S4/c1-3-13(23-19-15(11-29-23)25-7-9-27-19)21-17(5-1)31-18-6-2-4-14(22(18)32-21)24-20-16(12-30-24)26-8-10-28-20/h1-6,11-12H,7-10H2. The Morgan fingerprint density at radius 3 is 1.59 bits per heavy atom. The van der Waals surface area contributed by atoms with Crippen molar-refractivity contribution in [1.82, 2.24) is 0 Å². The fraction of sp³-hybridized carbons (Fsp3) is 0.167. The zero-order chi connectivity index (χ0) is 21.1. The van der Waals surface area contributed by atoms with Crippen LogP contribution in [0.5, 0.6) is 23.0 Å². The Bertz CT molecular complexity index is 1250. The van der Waals surface area contributed by atoms with Crippen molar-refractivity contribution in [2.24, 2.45) is 0 Å². The lowest BCUT2D eigenvalue weighted by atomic mass is 10.1. The summed E-state index contributed by atoms with van der Waals surface area (Å²) in [6.45, 7) is 2.39. The third-order valence-electron chi connectivity index (χ3n) is 5.47. The average Bonchev–Trinajstić information content (AvgIpc) is 3.46. The molecule has 0 amide bonds. The highest BCUT2D eigenvalue weighted by Gasteiger charge is 2.29. The molecule has 4 nitrogen and oxygen atoms in total. The van der Waals surface area contributed by atoms with Gasteiger partial charge in [-0.2, -0.15) is 0 Å². The molecule has 2 aromatic heterocycles. The number of ether oxygens (including phenoxy) is 4. The SMILES string of the molecule is c1cc2c(c(-c3scc4c3OCCO4)c1)Sc1c(cccc1-c1scc3c1OCCO3)S2. The van der Waals surface area contributed by atoms with E-state index in [1.54, 1.807) is 22.7 Å². The molecule has 8 heteroatoms. The predicted octanol–water partition coefficient (Wildman–Crippen LogP) is 7.30. The van der Waals surface area contributed by atoms with E-state index in [0.717, 1.165) is 32.8 Å². The summed E-state index contributed by atoms with van der Waals surface area (Å²) in [4.78, 5) is 7.33. The number of thiophene rings is 2. The maximum absolute atomic E-state index is 5.99. The molecule has 3 aliphatic heterocycles. The Morgan fingerprint density at radius 2 is 1.06 bits per heavy atom. The van der Waals surface area contributed by atoms with Gasteiger partial charge in [0.25, 0.3) is 0 Å². The highest BCUT2D eigenvalue weighted by Crippen LogP contribution is 2.58. The second-order valence-corrected chi connectivity index (χ2v) is 11.2. The van der Waals surface area contributed by atoms with Crippen molar-refractivity contribution in [2.75, 3.05) is 26.4 Å². The van der Waals surface area contributed by atoms with Crippen LogP contribution in [0.25, 0.3) is 20.9 Å². The first-order valence-corrected chi connectivity index (χ1v) is 13.6. The molecule has 3 aliphatic rings. The van der Waals surface area contributed by atoms with Gasteiger partial charge >= 0.3 is 0 Å². The van der Waals surface area contributed by atoms with Crippen molar-refractivity contribution in [3.63, 3.8) is 0 Å². The van der Waals surface area contributed by atoms with Gasteiger partial charge in [-0.3, -0.25) is 0 Å². The van der Waals surface area contributed by atoms with Crippen LogP contribution < -0.4 is 18.9 Å². The Morgan fingerprint density at radius 1 is 0.562 bits per heavy atom. The second kappa shape index (κ2) is 7.66. The number of hydrogen-bond donors (Lipinski definition) is 0.